The number of hydrogen-bond acceptors (Lipinski definition) is 3. The molecule has 28 heavy (non-hydrogen) atoms. The monoisotopic (exact) mass is 376 g/mol. The van der Waals surface area contributed by atoms with Gasteiger partial charge in [-0.25, -0.2) is 4.98 Å². The van der Waals surface area contributed by atoms with Crippen molar-refractivity contribution < 1.29 is 9.59 Å². The number of carbonyl (C=O) groups excluding carboxylic acids is 2. The number of fused-ring (bicyclic) bond motifs is 2. The minimum absolute atomic E-state index is 0.104. The van der Waals surface area contributed by atoms with Crippen LogP contribution in [0.15, 0.2) is 48.5 Å². The number of H-pyrrole nitrogens is 1. The highest BCUT2D eigenvalue weighted by Gasteiger charge is 2.31. The molecule has 0 aliphatic carbocycles. The first-order chi connectivity index (χ1) is 13.6. The standard InChI is InChI=1S/C22H24N4O2/c1-3-13(2)20(21-23-16-10-6-7-11-17(16)24-21)26-19(27)12-18-14-8-4-5-9-15(14)22(28)25-18/h4-11,13,18,20H,3,12H2,1-2H3,(H,23,24)(H,25,28)(H,26,27)/t13-,18+,20-/m0/s1. The van der Waals surface area contributed by atoms with E-state index in [-0.39, 0.29) is 36.2 Å². The number of nitrogens with zero attached hydrogens (tertiary/aromatic N) is 1. The SMILES string of the molecule is CC[C@H](C)[C@H](NC(=O)C[C@H]1NC(=O)c2ccccc21)c1nc2ccccc2[nH]1. The van der Waals surface area contributed by atoms with Gasteiger partial charge in [-0.1, -0.05) is 50.6 Å². The van der Waals surface area contributed by atoms with Crippen LogP contribution >= 0.6 is 0 Å². The van der Waals surface area contributed by atoms with Crippen LogP contribution in [0.5, 0.6) is 0 Å². The Labute approximate surface area is 163 Å². The molecule has 3 aromatic rings. The molecule has 1 aliphatic rings. The molecule has 2 amide bonds. The highest BCUT2D eigenvalue weighted by atomic mass is 16.2. The van der Waals surface area contributed by atoms with E-state index in [2.05, 4.69) is 34.4 Å². The fourth-order valence-electron chi connectivity index (χ4n) is 3.74. The molecule has 0 bridgehead atoms. The Balaban J connectivity index is 1.53. The molecule has 3 atom stereocenters. The van der Waals surface area contributed by atoms with Gasteiger partial charge in [0.2, 0.25) is 5.91 Å². The van der Waals surface area contributed by atoms with Crippen molar-refractivity contribution in [2.75, 3.05) is 0 Å². The van der Waals surface area contributed by atoms with Crippen molar-refractivity contribution in [3.05, 3.63) is 65.5 Å². The first-order valence-electron chi connectivity index (χ1n) is 9.70. The van der Waals surface area contributed by atoms with Crippen LogP contribution in [0.4, 0.5) is 0 Å². The van der Waals surface area contributed by atoms with Crippen LogP contribution in [0.2, 0.25) is 0 Å². The summed E-state index contributed by atoms with van der Waals surface area (Å²) in [5, 5.41) is 6.04. The molecule has 4 rings (SSSR count). The minimum Gasteiger partial charge on any atom is -0.346 e. The Hall–Kier alpha value is -3.15. The van der Waals surface area contributed by atoms with Gasteiger partial charge in [-0.2, -0.15) is 0 Å². The summed E-state index contributed by atoms with van der Waals surface area (Å²) >= 11 is 0. The largest absolute Gasteiger partial charge is 0.346 e. The number of aromatic nitrogens is 2. The second-order valence-electron chi connectivity index (χ2n) is 7.39. The molecule has 1 aliphatic heterocycles. The van der Waals surface area contributed by atoms with Crippen LogP contribution in [0.1, 0.15) is 60.5 Å². The second kappa shape index (κ2) is 7.46. The third-order valence-electron chi connectivity index (χ3n) is 5.51. The molecule has 2 heterocycles. The van der Waals surface area contributed by atoms with Gasteiger partial charge in [0.25, 0.3) is 5.91 Å². The first kappa shape index (κ1) is 18.2. The summed E-state index contributed by atoms with van der Waals surface area (Å²) in [7, 11) is 0. The van der Waals surface area contributed by atoms with Gasteiger partial charge in [-0.15, -0.1) is 0 Å². The number of carbonyl (C=O) groups is 2. The Kier molecular flexibility index (Phi) is 4.86. The Morgan fingerprint density at radius 1 is 1.18 bits per heavy atom. The van der Waals surface area contributed by atoms with Crippen molar-refractivity contribution >= 4 is 22.8 Å². The van der Waals surface area contributed by atoms with Gasteiger partial charge in [0.15, 0.2) is 0 Å². The predicted octanol–water partition coefficient (Wildman–Crippen LogP) is 3.64. The molecule has 0 fully saturated rings. The highest BCUT2D eigenvalue weighted by molar-refractivity contribution is 5.99. The Bertz CT molecular complexity index is 993. The average molecular weight is 376 g/mol. The van der Waals surface area contributed by atoms with Crippen molar-refractivity contribution in [3.63, 3.8) is 0 Å². The van der Waals surface area contributed by atoms with Gasteiger partial charge in [0, 0.05) is 5.56 Å². The molecule has 6 nitrogen and oxygen atoms in total. The number of imidazole rings is 1. The summed E-state index contributed by atoms with van der Waals surface area (Å²) in [6, 6.07) is 14.7. The van der Waals surface area contributed by atoms with E-state index in [1.165, 1.54) is 0 Å². The van der Waals surface area contributed by atoms with Crippen molar-refractivity contribution in [1.29, 1.82) is 0 Å². The van der Waals surface area contributed by atoms with E-state index in [0.29, 0.717) is 5.56 Å². The van der Waals surface area contributed by atoms with E-state index < -0.39 is 0 Å². The normalized spacial score (nSPS) is 17.8. The zero-order valence-corrected chi connectivity index (χ0v) is 16.0. The van der Waals surface area contributed by atoms with Gasteiger partial charge < -0.3 is 15.6 Å². The quantitative estimate of drug-likeness (QED) is 0.614. The molecule has 3 N–H and O–H groups in total. The van der Waals surface area contributed by atoms with Gasteiger partial charge in [0.05, 0.1) is 29.5 Å². The lowest BCUT2D eigenvalue weighted by molar-refractivity contribution is -0.122. The third kappa shape index (κ3) is 3.38. The molecule has 0 spiro atoms. The molecule has 1 aromatic heterocycles. The topological polar surface area (TPSA) is 86.9 Å². The number of rotatable bonds is 6. The summed E-state index contributed by atoms with van der Waals surface area (Å²) in [6.07, 6.45) is 1.11. The minimum atomic E-state index is -0.294. The predicted molar refractivity (Wildman–Crippen MR) is 108 cm³/mol. The number of benzene rings is 2. The van der Waals surface area contributed by atoms with Crippen molar-refractivity contribution in [2.24, 2.45) is 5.92 Å². The summed E-state index contributed by atoms with van der Waals surface area (Å²) in [4.78, 5) is 32.9. The number of amides is 2. The average Bonchev–Trinajstić information content (AvgIpc) is 3.27. The van der Waals surface area contributed by atoms with Crippen LogP contribution < -0.4 is 10.6 Å². The first-order valence-corrected chi connectivity index (χ1v) is 9.70. The summed E-state index contributed by atoms with van der Waals surface area (Å²) < 4.78 is 0. The fourth-order valence-corrected chi connectivity index (χ4v) is 3.74. The molecule has 0 unspecified atom stereocenters. The van der Waals surface area contributed by atoms with Crippen LogP contribution in [0.25, 0.3) is 11.0 Å². The maximum absolute atomic E-state index is 12.8. The maximum atomic E-state index is 12.8. The van der Waals surface area contributed by atoms with Gasteiger partial charge >= 0.3 is 0 Å². The van der Waals surface area contributed by atoms with Crippen LogP contribution in [0.3, 0.4) is 0 Å². The molecule has 2 aromatic carbocycles. The van der Waals surface area contributed by atoms with Gasteiger partial charge in [0.1, 0.15) is 5.82 Å². The van der Waals surface area contributed by atoms with Crippen molar-refractivity contribution in [2.45, 2.75) is 38.8 Å². The summed E-state index contributed by atoms with van der Waals surface area (Å²) in [5.41, 5.74) is 3.37. The molecule has 0 saturated heterocycles. The number of hydrogen-bond donors (Lipinski definition) is 3. The number of para-hydroxylation sites is 2. The van der Waals surface area contributed by atoms with Crippen molar-refractivity contribution in [1.82, 2.24) is 20.6 Å². The lowest BCUT2D eigenvalue weighted by Crippen LogP contribution is -2.35. The van der Waals surface area contributed by atoms with E-state index >= 15 is 0 Å². The molecular formula is C22H24N4O2. The van der Waals surface area contributed by atoms with Crippen molar-refractivity contribution in [3.8, 4) is 0 Å². The molecule has 144 valence electrons. The van der Waals surface area contributed by atoms with Gasteiger partial charge in [-0.05, 0) is 29.7 Å². The number of nitrogens with one attached hydrogen (secondary N) is 3. The van der Waals surface area contributed by atoms with E-state index in [4.69, 9.17) is 0 Å². The highest BCUT2D eigenvalue weighted by Crippen LogP contribution is 2.29. The van der Waals surface area contributed by atoms with Gasteiger partial charge in [-0.3, -0.25) is 9.59 Å². The third-order valence-corrected chi connectivity index (χ3v) is 5.51. The maximum Gasteiger partial charge on any atom is 0.252 e. The van der Waals surface area contributed by atoms with E-state index in [0.717, 1.165) is 28.8 Å². The molecule has 0 saturated carbocycles. The summed E-state index contributed by atoms with van der Waals surface area (Å²) in [5.74, 6) is 0.756. The van der Waals surface area contributed by atoms with Crippen LogP contribution in [0, 0.1) is 5.92 Å². The molecular weight excluding hydrogens is 352 g/mol. The number of aromatic amines is 1. The summed E-state index contributed by atoms with van der Waals surface area (Å²) in [6.45, 7) is 4.20. The zero-order valence-electron chi connectivity index (χ0n) is 16.0. The van der Waals surface area contributed by atoms with E-state index in [1.54, 1.807) is 6.07 Å². The fraction of sp³-hybridized carbons (Fsp3) is 0.318. The molecule has 6 heteroatoms. The second-order valence-corrected chi connectivity index (χ2v) is 7.39. The lowest BCUT2D eigenvalue weighted by Gasteiger charge is -2.23. The smallest absolute Gasteiger partial charge is 0.252 e. The molecule has 0 radical (unpaired) electrons. The van der Waals surface area contributed by atoms with Crippen LogP contribution in [-0.4, -0.2) is 21.8 Å². The van der Waals surface area contributed by atoms with Crippen LogP contribution in [-0.2, 0) is 4.79 Å². The zero-order chi connectivity index (χ0) is 19.7. The lowest BCUT2D eigenvalue weighted by atomic mass is 9.97. The Morgan fingerprint density at radius 2 is 1.93 bits per heavy atom. The Morgan fingerprint density at radius 3 is 2.71 bits per heavy atom. The van der Waals surface area contributed by atoms with E-state index in [9.17, 15) is 9.59 Å². The van der Waals surface area contributed by atoms with E-state index in [1.807, 2.05) is 42.5 Å².